The predicted molar refractivity (Wildman–Crippen MR) is 102 cm³/mol. The molecule has 0 spiro atoms. The van der Waals surface area contributed by atoms with Crippen molar-refractivity contribution in [1.29, 1.82) is 0 Å². The molecule has 5 fully saturated rings. The summed E-state index contributed by atoms with van der Waals surface area (Å²) in [5.74, 6) is 1.11. The van der Waals surface area contributed by atoms with E-state index in [1.165, 1.54) is 19.0 Å². The third-order valence-corrected chi connectivity index (χ3v) is 6.88. The Bertz CT molecular complexity index is 754. The molecule has 2 bridgehead atoms. The van der Waals surface area contributed by atoms with Crippen LogP contribution >= 0.6 is 0 Å². The molecule has 4 aliphatic heterocycles. The van der Waals surface area contributed by atoms with E-state index < -0.39 is 0 Å². The molecule has 0 aromatic carbocycles. The van der Waals surface area contributed by atoms with E-state index in [0.717, 1.165) is 19.4 Å². The van der Waals surface area contributed by atoms with Crippen LogP contribution in [0.2, 0.25) is 0 Å². The van der Waals surface area contributed by atoms with Gasteiger partial charge in [0, 0.05) is 50.2 Å². The monoisotopic (exact) mass is 384 g/mol. The zero-order chi connectivity index (χ0) is 19.3. The molecule has 6 rings (SSSR count). The molecule has 1 aliphatic carbocycles. The van der Waals surface area contributed by atoms with Gasteiger partial charge in [0.25, 0.3) is 5.91 Å². The Morgan fingerprint density at radius 3 is 2.68 bits per heavy atom. The van der Waals surface area contributed by atoms with E-state index >= 15 is 0 Å². The molecule has 1 saturated carbocycles. The Hall–Kier alpha value is -2.06. The van der Waals surface area contributed by atoms with Crippen molar-refractivity contribution in [3.05, 3.63) is 24.3 Å². The van der Waals surface area contributed by atoms with Crippen LogP contribution in [-0.2, 0) is 4.79 Å². The number of nitrogens with one attached hydrogen (secondary N) is 2. The van der Waals surface area contributed by atoms with Crippen molar-refractivity contribution in [2.45, 2.75) is 50.7 Å². The Kier molecular flexibility index (Phi) is 4.55. The highest BCUT2D eigenvalue weighted by atomic mass is 16.2. The van der Waals surface area contributed by atoms with Gasteiger partial charge in [-0.2, -0.15) is 0 Å². The van der Waals surface area contributed by atoms with Gasteiger partial charge in [-0.25, -0.2) is 4.98 Å². The molecule has 150 valence electrons. The van der Waals surface area contributed by atoms with Gasteiger partial charge in [0.05, 0.1) is 12.1 Å². The van der Waals surface area contributed by atoms with Crippen LogP contribution < -0.4 is 10.9 Å². The van der Waals surface area contributed by atoms with Crippen LogP contribution in [0.25, 0.3) is 0 Å². The zero-order valence-corrected chi connectivity index (χ0v) is 16.3. The van der Waals surface area contributed by atoms with Crippen LogP contribution in [-0.4, -0.2) is 69.3 Å². The van der Waals surface area contributed by atoms with Crippen molar-refractivity contribution < 1.29 is 9.59 Å². The van der Waals surface area contributed by atoms with E-state index in [4.69, 9.17) is 0 Å². The maximum atomic E-state index is 13.6. The normalized spacial score (nSPS) is 35.1. The van der Waals surface area contributed by atoms with Crippen molar-refractivity contribution >= 4 is 11.8 Å². The molecule has 5 aliphatic rings. The van der Waals surface area contributed by atoms with Crippen LogP contribution in [0.5, 0.6) is 0 Å². The number of rotatable bonds is 3. The second-order valence-corrected chi connectivity index (χ2v) is 8.85. The maximum Gasteiger partial charge on any atom is 0.274 e. The van der Waals surface area contributed by atoms with Gasteiger partial charge >= 0.3 is 0 Å². The van der Waals surface area contributed by atoms with Gasteiger partial charge in [0.1, 0.15) is 5.69 Å². The van der Waals surface area contributed by atoms with Crippen molar-refractivity contribution in [3.8, 4) is 0 Å². The van der Waals surface area contributed by atoms with Crippen molar-refractivity contribution in [1.82, 2.24) is 30.6 Å². The minimum Gasteiger partial charge on any atom is -0.337 e. The number of aromatic nitrogens is 2. The van der Waals surface area contributed by atoms with Crippen molar-refractivity contribution in [3.63, 3.8) is 0 Å². The summed E-state index contributed by atoms with van der Waals surface area (Å²) < 4.78 is 0. The fourth-order valence-electron chi connectivity index (χ4n) is 5.23. The molecule has 1 aromatic heterocycles. The third-order valence-electron chi connectivity index (χ3n) is 6.88. The molecule has 8 heteroatoms. The first-order valence-corrected chi connectivity index (χ1v) is 10.5. The van der Waals surface area contributed by atoms with Gasteiger partial charge in [-0.15, -0.1) is 0 Å². The Morgan fingerprint density at radius 2 is 1.93 bits per heavy atom. The summed E-state index contributed by atoms with van der Waals surface area (Å²) in [6, 6.07) is 0.471. The van der Waals surface area contributed by atoms with Crippen molar-refractivity contribution in [2.24, 2.45) is 17.8 Å². The minimum atomic E-state index is -0.0762. The summed E-state index contributed by atoms with van der Waals surface area (Å²) in [6.45, 7) is 4.14. The highest BCUT2D eigenvalue weighted by Gasteiger charge is 2.49. The highest BCUT2D eigenvalue weighted by Crippen LogP contribution is 2.40. The number of carbonyl (C=O) groups excluding carboxylic acids is 2. The van der Waals surface area contributed by atoms with Crippen LogP contribution in [0.3, 0.4) is 0 Å². The van der Waals surface area contributed by atoms with Crippen LogP contribution in [0.4, 0.5) is 0 Å². The highest BCUT2D eigenvalue weighted by molar-refractivity contribution is 5.92. The Morgan fingerprint density at radius 1 is 1.07 bits per heavy atom. The maximum absolute atomic E-state index is 13.6. The molecule has 0 radical (unpaired) electrons. The van der Waals surface area contributed by atoms with E-state index in [-0.39, 0.29) is 35.9 Å². The van der Waals surface area contributed by atoms with Crippen molar-refractivity contribution in [2.75, 3.05) is 19.6 Å². The topological polar surface area (TPSA) is 90.5 Å². The first-order chi connectivity index (χ1) is 13.6. The lowest BCUT2D eigenvalue weighted by Gasteiger charge is -2.39. The summed E-state index contributed by atoms with van der Waals surface area (Å²) in [7, 11) is 0. The fraction of sp³-hybridized carbons (Fsp3) is 0.700. The number of hydrazine groups is 1. The smallest absolute Gasteiger partial charge is 0.274 e. The van der Waals surface area contributed by atoms with Crippen LogP contribution in [0, 0.1) is 17.8 Å². The van der Waals surface area contributed by atoms with E-state index in [0.29, 0.717) is 30.6 Å². The molecule has 2 N–H and O–H groups in total. The largest absolute Gasteiger partial charge is 0.337 e. The number of carbonyl (C=O) groups is 2. The fourth-order valence-corrected chi connectivity index (χ4v) is 5.23. The summed E-state index contributed by atoms with van der Waals surface area (Å²) in [5, 5.41) is 0. The van der Waals surface area contributed by atoms with E-state index in [1.54, 1.807) is 12.4 Å². The number of nitrogens with zero attached hydrogens (tertiary/aromatic N) is 4. The lowest BCUT2D eigenvalue weighted by molar-refractivity contribution is -0.140. The van der Waals surface area contributed by atoms with Crippen LogP contribution in [0.1, 0.15) is 43.1 Å². The number of hydrogen-bond donors (Lipinski definition) is 2. The third kappa shape index (κ3) is 3.18. The summed E-state index contributed by atoms with van der Waals surface area (Å²) >= 11 is 0. The molecular weight excluding hydrogens is 356 g/mol. The first kappa shape index (κ1) is 18.0. The average molecular weight is 384 g/mol. The lowest BCUT2D eigenvalue weighted by atomic mass is 9.87. The molecule has 28 heavy (non-hydrogen) atoms. The number of piperidine rings is 1. The Labute approximate surface area is 165 Å². The molecule has 4 saturated heterocycles. The van der Waals surface area contributed by atoms with Crippen LogP contribution in [0.15, 0.2) is 18.6 Å². The molecule has 5 heterocycles. The molecule has 3 unspecified atom stereocenters. The SMILES string of the molecule is CC1NNC(C2CC2)C1C(=O)N1C[C@H]2CC[C@@H]1CN(C(=O)c1cnccn1)C2. The number of hydrogen-bond acceptors (Lipinski definition) is 6. The van der Waals surface area contributed by atoms with E-state index in [9.17, 15) is 9.59 Å². The molecule has 1 aromatic rings. The lowest BCUT2D eigenvalue weighted by Crippen LogP contribution is -2.53. The standard InChI is InChI=1S/C20H28N6O2/c1-12-17(18(24-23-12)14-3-4-14)20(28)26-10-13-2-5-15(26)11-25(9-13)19(27)16-8-21-6-7-22-16/h6-8,12-15,17-18,23-24H,2-5,9-11H2,1H3/t12?,13-,15+,17?,18?/m0/s1. The predicted octanol–water partition coefficient (Wildman–Crippen LogP) is 0.431. The van der Waals surface area contributed by atoms with E-state index in [1.807, 2.05) is 4.90 Å². The molecule has 5 atom stereocenters. The summed E-state index contributed by atoms with van der Waals surface area (Å²) in [4.78, 5) is 38.6. The first-order valence-electron chi connectivity index (χ1n) is 10.5. The second-order valence-electron chi connectivity index (χ2n) is 8.85. The second kappa shape index (κ2) is 7.08. The van der Waals surface area contributed by atoms with Gasteiger partial charge in [-0.05, 0) is 44.4 Å². The minimum absolute atomic E-state index is 0.0176. The van der Waals surface area contributed by atoms with E-state index in [2.05, 4.69) is 32.6 Å². The molecular formula is C20H28N6O2. The number of amides is 2. The number of fused-ring (bicyclic) bond motifs is 4. The average Bonchev–Trinajstić information content (AvgIpc) is 3.54. The summed E-state index contributed by atoms with van der Waals surface area (Å²) in [6.07, 6.45) is 9.11. The molecule has 2 amide bonds. The van der Waals surface area contributed by atoms with Gasteiger partial charge in [-0.1, -0.05) is 0 Å². The summed E-state index contributed by atoms with van der Waals surface area (Å²) in [5.41, 5.74) is 7.04. The Balaban J connectivity index is 1.34. The van der Waals surface area contributed by atoms with Gasteiger partial charge in [-0.3, -0.25) is 25.4 Å². The molecule has 8 nitrogen and oxygen atoms in total. The quantitative estimate of drug-likeness (QED) is 0.786. The zero-order valence-electron chi connectivity index (χ0n) is 16.3. The van der Waals surface area contributed by atoms with Gasteiger partial charge < -0.3 is 9.80 Å². The van der Waals surface area contributed by atoms with Gasteiger partial charge in [0.15, 0.2) is 0 Å². The van der Waals surface area contributed by atoms with Gasteiger partial charge in [0.2, 0.25) is 5.91 Å².